The number of hydrogen-bond donors (Lipinski definition) is 2. The van der Waals surface area contributed by atoms with Crippen molar-refractivity contribution in [3.63, 3.8) is 0 Å². The Morgan fingerprint density at radius 3 is 1.66 bits per heavy atom. The average Bonchev–Trinajstić information content (AvgIpc) is 3.53. The zero-order chi connectivity index (χ0) is 21.7. The first-order valence-corrected chi connectivity index (χ1v) is 10.1. The van der Waals surface area contributed by atoms with Gasteiger partial charge < -0.3 is 34.8 Å². The van der Waals surface area contributed by atoms with Gasteiger partial charge in [0.25, 0.3) is 0 Å². The van der Waals surface area contributed by atoms with E-state index < -0.39 is 11.6 Å². The first kappa shape index (κ1) is 26.4. The molecule has 175 valence electrons. The Labute approximate surface area is 222 Å². The Morgan fingerprint density at radius 1 is 0.543 bits per heavy atom. The van der Waals surface area contributed by atoms with Gasteiger partial charge in [-0.3, -0.25) is 0 Å². The maximum absolute atomic E-state index is 14.6. The van der Waals surface area contributed by atoms with Crippen LogP contribution in [0.3, 0.4) is 0 Å². The molecule has 9 heteroatoms. The topological polar surface area (TPSA) is 57.4 Å². The van der Waals surface area contributed by atoms with Gasteiger partial charge in [0.2, 0.25) is 0 Å². The van der Waals surface area contributed by atoms with Gasteiger partial charge in [-0.15, -0.1) is 0 Å². The summed E-state index contributed by atoms with van der Waals surface area (Å²) in [6.07, 6.45) is 7.69. The first-order chi connectivity index (χ1) is 15.6. The van der Waals surface area contributed by atoms with E-state index in [1.807, 2.05) is 66.8 Å². The van der Waals surface area contributed by atoms with E-state index in [9.17, 15) is 8.78 Å². The molecule has 6 rings (SSSR count). The van der Waals surface area contributed by atoms with Crippen LogP contribution < -0.4 is 24.8 Å². The second-order valence-corrected chi connectivity index (χ2v) is 7.71. The molecular formula is C26H16Cl2F2MnN4. The molecule has 0 fully saturated rings. The largest absolute Gasteiger partial charge is 2.00 e. The van der Waals surface area contributed by atoms with E-state index in [1.54, 1.807) is 0 Å². The number of halogens is 4. The fourth-order valence-electron chi connectivity index (χ4n) is 3.95. The van der Waals surface area contributed by atoms with E-state index in [2.05, 4.69) is 19.9 Å². The van der Waals surface area contributed by atoms with E-state index in [4.69, 9.17) is 0 Å². The van der Waals surface area contributed by atoms with Crippen molar-refractivity contribution in [1.82, 2.24) is 19.9 Å². The van der Waals surface area contributed by atoms with Gasteiger partial charge in [0.05, 0.1) is 22.8 Å². The van der Waals surface area contributed by atoms with Gasteiger partial charge in [0, 0.05) is 39.3 Å². The van der Waals surface area contributed by atoms with Crippen LogP contribution in [0.5, 0.6) is 0 Å². The molecule has 2 aliphatic heterocycles. The SMILES string of the molecule is Fc1ccc(-c2cc3cc4nc(cc5ccc(cc6nc(cc2[nH]3)C=C6)[nH]5)C=C4)c(F)c1.[Cl-].[Cl-].[Mn+2]. The Bertz CT molecular complexity index is 1620. The molecule has 2 aliphatic rings. The van der Waals surface area contributed by atoms with E-state index in [0.717, 1.165) is 45.4 Å². The monoisotopic (exact) mass is 547 g/mol. The maximum Gasteiger partial charge on any atom is 2.00 e. The number of fused-ring (bicyclic) bond motifs is 8. The molecule has 0 spiro atoms. The zero-order valence-electron chi connectivity index (χ0n) is 17.9. The van der Waals surface area contributed by atoms with Crippen molar-refractivity contribution in [3.8, 4) is 11.1 Å². The molecule has 8 bridgehead atoms. The number of aromatic nitrogens is 4. The van der Waals surface area contributed by atoms with Crippen molar-refractivity contribution in [2.24, 2.45) is 0 Å². The maximum atomic E-state index is 14.6. The molecule has 4 nitrogen and oxygen atoms in total. The third-order valence-corrected chi connectivity index (χ3v) is 5.39. The van der Waals surface area contributed by atoms with Gasteiger partial charge in [0.15, 0.2) is 0 Å². The van der Waals surface area contributed by atoms with Gasteiger partial charge in [-0.2, -0.15) is 0 Å². The van der Waals surface area contributed by atoms with Crippen LogP contribution in [0, 0.1) is 11.6 Å². The summed E-state index contributed by atoms with van der Waals surface area (Å²) in [4.78, 5) is 16.0. The fourth-order valence-corrected chi connectivity index (χ4v) is 3.95. The third kappa shape index (κ3) is 5.39. The molecule has 1 radical (unpaired) electrons. The quantitative estimate of drug-likeness (QED) is 0.296. The number of rotatable bonds is 1. The van der Waals surface area contributed by atoms with Gasteiger partial charge in [-0.25, -0.2) is 18.7 Å². The Balaban J connectivity index is 0.00000114. The number of benzene rings is 1. The molecule has 0 saturated heterocycles. The summed E-state index contributed by atoms with van der Waals surface area (Å²) >= 11 is 0. The molecule has 35 heavy (non-hydrogen) atoms. The van der Waals surface area contributed by atoms with Crippen LogP contribution in [0.1, 0.15) is 22.8 Å². The minimum atomic E-state index is -0.619. The standard InChI is InChI=1S/C26H16F2N4.2ClH.Mn/c27-15-1-8-23(25(28)9-15)24-13-22-12-20-5-4-18(30-20)10-16-2-3-17(29-16)11-19-6-7-21(31-19)14-26(24)32-22;;;/h1-14,29,32H;2*1H;/q;;;+2/p-2. The van der Waals surface area contributed by atoms with Gasteiger partial charge in [-0.05, 0) is 78.9 Å². The van der Waals surface area contributed by atoms with Crippen LogP contribution in [-0.2, 0) is 17.1 Å². The van der Waals surface area contributed by atoms with Gasteiger partial charge in [-0.1, -0.05) is 0 Å². The molecule has 0 atom stereocenters. The summed E-state index contributed by atoms with van der Waals surface area (Å²) in [5, 5.41) is 0. The van der Waals surface area contributed by atoms with Crippen molar-refractivity contribution in [2.75, 3.05) is 0 Å². The van der Waals surface area contributed by atoms with Crippen LogP contribution in [0.4, 0.5) is 8.78 Å². The molecule has 0 saturated carbocycles. The van der Waals surface area contributed by atoms with E-state index >= 15 is 0 Å². The first-order valence-electron chi connectivity index (χ1n) is 10.1. The predicted molar refractivity (Wildman–Crippen MR) is 124 cm³/mol. The molecule has 0 amide bonds. The molecule has 4 aromatic rings. The third-order valence-electron chi connectivity index (χ3n) is 5.39. The van der Waals surface area contributed by atoms with E-state index in [0.29, 0.717) is 16.6 Å². The summed E-state index contributed by atoms with van der Waals surface area (Å²) in [5.41, 5.74) is 7.39. The molecule has 0 unspecified atom stereocenters. The van der Waals surface area contributed by atoms with Crippen LogP contribution in [0.15, 0.2) is 60.7 Å². The summed E-state index contributed by atoms with van der Waals surface area (Å²) in [6, 6.07) is 17.1. The van der Waals surface area contributed by atoms with E-state index in [-0.39, 0.29) is 41.9 Å². The minimum absolute atomic E-state index is 0. The van der Waals surface area contributed by atoms with Crippen LogP contribution in [-0.4, -0.2) is 19.9 Å². The van der Waals surface area contributed by atoms with Crippen LogP contribution >= 0.6 is 0 Å². The number of aromatic amines is 2. The normalized spacial score (nSPS) is 11.4. The summed E-state index contributed by atoms with van der Waals surface area (Å²) in [5.74, 6) is -1.23. The number of H-pyrrole nitrogens is 2. The average molecular weight is 548 g/mol. The molecular weight excluding hydrogens is 532 g/mol. The van der Waals surface area contributed by atoms with Gasteiger partial charge in [0.1, 0.15) is 11.6 Å². The van der Waals surface area contributed by atoms with Crippen molar-refractivity contribution in [3.05, 3.63) is 95.1 Å². The summed E-state index contributed by atoms with van der Waals surface area (Å²) < 4.78 is 28.1. The van der Waals surface area contributed by atoms with Gasteiger partial charge >= 0.3 is 17.1 Å². The Kier molecular flexibility index (Phi) is 7.98. The molecule has 0 aliphatic carbocycles. The van der Waals surface area contributed by atoms with Crippen molar-refractivity contribution >= 4 is 46.4 Å². The Morgan fingerprint density at radius 2 is 1.09 bits per heavy atom. The summed E-state index contributed by atoms with van der Waals surface area (Å²) in [7, 11) is 0. The molecule has 2 N–H and O–H groups in total. The minimum Gasteiger partial charge on any atom is -1.00 e. The second kappa shape index (κ2) is 10.6. The molecule has 3 aromatic heterocycles. The predicted octanol–water partition coefficient (Wildman–Crippen LogP) is 0.606. The number of hydrogen-bond acceptors (Lipinski definition) is 2. The van der Waals surface area contributed by atoms with Crippen LogP contribution in [0.25, 0.3) is 57.5 Å². The number of nitrogens with zero attached hydrogens (tertiary/aromatic N) is 2. The summed E-state index contributed by atoms with van der Waals surface area (Å²) in [6.45, 7) is 0. The van der Waals surface area contributed by atoms with Crippen molar-refractivity contribution in [2.45, 2.75) is 0 Å². The van der Waals surface area contributed by atoms with Crippen molar-refractivity contribution in [1.29, 1.82) is 0 Å². The molecule has 5 heterocycles. The Hall–Kier alpha value is -3.22. The number of nitrogens with one attached hydrogen (secondary N) is 2. The van der Waals surface area contributed by atoms with Crippen molar-refractivity contribution < 1.29 is 50.7 Å². The zero-order valence-corrected chi connectivity index (χ0v) is 20.6. The smallest absolute Gasteiger partial charge is 1.00 e. The molecule has 1 aromatic carbocycles. The van der Waals surface area contributed by atoms with Crippen LogP contribution in [0.2, 0.25) is 0 Å². The fraction of sp³-hybridized carbons (Fsp3) is 0. The van der Waals surface area contributed by atoms with E-state index in [1.165, 1.54) is 12.1 Å². The second-order valence-electron chi connectivity index (χ2n) is 7.71.